The number of anilines is 2. The zero-order valence-corrected chi connectivity index (χ0v) is 17.8. The molecule has 9 heteroatoms. The molecule has 1 heterocycles. The molecule has 1 aliphatic heterocycles. The van der Waals surface area contributed by atoms with E-state index in [4.69, 9.17) is 9.47 Å². The molecule has 2 N–H and O–H groups in total. The van der Waals surface area contributed by atoms with E-state index in [0.29, 0.717) is 41.7 Å². The molecular formula is C23H21FN2O5S. The number of fused-ring (bicyclic) bond motifs is 1. The minimum atomic E-state index is -3.85. The fraction of sp³-hybridized carbons (Fsp3) is 0.174. The molecule has 0 radical (unpaired) electrons. The average Bonchev–Trinajstić information content (AvgIpc) is 3.00. The first-order valence-corrected chi connectivity index (χ1v) is 11.4. The number of rotatable bonds is 6. The zero-order valence-electron chi connectivity index (χ0n) is 17.0. The zero-order chi connectivity index (χ0) is 22.6. The average molecular weight is 456 g/mol. The highest BCUT2D eigenvalue weighted by Gasteiger charge is 2.19. The van der Waals surface area contributed by atoms with Gasteiger partial charge in [-0.3, -0.25) is 9.52 Å². The van der Waals surface area contributed by atoms with Gasteiger partial charge in [0.2, 0.25) is 5.91 Å². The molecule has 0 saturated carbocycles. The van der Waals surface area contributed by atoms with E-state index in [-0.39, 0.29) is 17.2 Å². The number of halogens is 1. The van der Waals surface area contributed by atoms with Crippen LogP contribution in [0.5, 0.6) is 11.5 Å². The van der Waals surface area contributed by atoms with Crippen LogP contribution in [0.3, 0.4) is 0 Å². The minimum Gasteiger partial charge on any atom is -0.490 e. The van der Waals surface area contributed by atoms with Gasteiger partial charge >= 0.3 is 0 Å². The van der Waals surface area contributed by atoms with E-state index in [1.165, 1.54) is 24.3 Å². The Labute approximate surface area is 185 Å². The largest absolute Gasteiger partial charge is 0.490 e. The Bertz CT molecular complexity index is 1230. The third-order valence-electron chi connectivity index (χ3n) is 4.70. The minimum absolute atomic E-state index is 0.0241. The van der Waals surface area contributed by atoms with Crippen molar-refractivity contribution in [3.05, 3.63) is 78.1 Å². The second-order valence-electron chi connectivity index (χ2n) is 7.20. The number of sulfonamides is 1. The van der Waals surface area contributed by atoms with Gasteiger partial charge in [0.25, 0.3) is 10.0 Å². The van der Waals surface area contributed by atoms with Crippen molar-refractivity contribution >= 4 is 27.3 Å². The van der Waals surface area contributed by atoms with Gasteiger partial charge in [0.05, 0.1) is 24.5 Å². The van der Waals surface area contributed by atoms with Crippen LogP contribution < -0.4 is 19.5 Å². The summed E-state index contributed by atoms with van der Waals surface area (Å²) in [5, 5.41) is 2.70. The van der Waals surface area contributed by atoms with Gasteiger partial charge in [-0.05, 0) is 54.1 Å². The third-order valence-corrected chi connectivity index (χ3v) is 6.08. The number of amides is 1. The summed E-state index contributed by atoms with van der Waals surface area (Å²) in [4.78, 5) is 12.2. The Morgan fingerprint density at radius 3 is 2.38 bits per heavy atom. The van der Waals surface area contributed by atoms with Gasteiger partial charge in [-0.15, -0.1) is 0 Å². The number of benzene rings is 3. The smallest absolute Gasteiger partial charge is 0.262 e. The molecule has 3 aromatic carbocycles. The summed E-state index contributed by atoms with van der Waals surface area (Å²) >= 11 is 0. The summed E-state index contributed by atoms with van der Waals surface area (Å²) in [7, 11) is -3.85. The molecule has 1 amide bonds. The van der Waals surface area contributed by atoms with Crippen LogP contribution in [0.15, 0.2) is 71.6 Å². The van der Waals surface area contributed by atoms with Crippen LogP contribution in [0.2, 0.25) is 0 Å². The molecule has 0 spiro atoms. The van der Waals surface area contributed by atoms with Gasteiger partial charge < -0.3 is 14.8 Å². The summed E-state index contributed by atoms with van der Waals surface area (Å²) in [5.74, 6) is 0.193. The molecule has 32 heavy (non-hydrogen) atoms. The summed E-state index contributed by atoms with van der Waals surface area (Å²) in [5.41, 5.74) is 1.38. The number of carbonyl (C=O) groups excluding carboxylic acids is 1. The molecule has 0 fully saturated rings. The summed E-state index contributed by atoms with van der Waals surface area (Å²) in [6, 6.07) is 16.5. The van der Waals surface area contributed by atoms with Crippen LogP contribution in [0, 0.1) is 5.82 Å². The van der Waals surface area contributed by atoms with Crippen molar-refractivity contribution in [3.63, 3.8) is 0 Å². The first-order chi connectivity index (χ1) is 15.4. The van der Waals surface area contributed by atoms with E-state index in [1.54, 1.807) is 42.5 Å². The fourth-order valence-corrected chi connectivity index (χ4v) is 4.26. The molecule has 7 nitrogen and oxygen atoms in total. The van der Waals surface area contributed by atoms with E-state index in [1.807, 2.05) is 0 Å². The number of hydrogen-bond donors (Lipinski definition) is 2. The second kappa shape index (κ2) is 9.27. The molecule has 3 aromatic rings. The van der Waals surface area contributed by atoms with E-state index >= 15 is 0 Å². The molecule has 166 valence electrons. The summed E-state index contributed by atoms with van der Waals surface area (Å²) in [6.07, 6.45) is 0.746. The van der Waals surface area contributed by atoms with Crippen LogP contribution in [0.1, 0.15) is 12.0 Å². The molecule has 1 aliphatic rings. The quantitative estimate of drug-likeness (QED) is 0.586. The molecule has 0 unspecified atom stereocenters. The summed E-state index contributed by atoms with van der Waals surface area (Å²) < 4.78 is 52.4. The SMILES string of the molecule is O=C(Cc1cccc(F)c1)Nc1ccc(NS(=O)(=O)c2ccc3c(c2)OCCCO3)cc1. The predicted octanol–water partition coefficient (Wildman–Crippen LogP) is 3.97. The monoisotopic (exact) mass is 456 g/mol. The van der Waals surface area contributed by atoms with Crippen molar-refractivity contribution in [1.29, 1.82) is 0 Å². The van der Waals surface area contributed by atoms with Crippen LogP contribution in [-0.4, -0.2) is 27.5 Å². The lowest BCUT2D eigenvalue weighted by Crippen LogP contribution is -2.15. The van der Waals surface area contributed by atoms with E-state index in [2.05, 4.69) is 10.0 Å². The molecule has 0 atom stereocenters. The molecule has 0 aliphatic carbocycles. The second-order valence-corrected chi connectivity index (χ2v) is 8.88. The molecular weight excluding hydrogens is 435 g/mol. The Morgan fingerprint density at radius 1 is 0.906 bits per heavy atom. The van der Waals surface area contributed by atoms with Crippen molar-refractivity contribution in [3.8, 4) is 11.5 Å². The van der Waals surface area contributed by atoms with Crippen molar-refractivity contribution in [2.24, 2.45) is 0 Å². The highest BCUT2D eigenvalue weighted by atomic mass is 32.2. The normalized spacial score (nSPS) is 13.2. The Hall–Kier alpha value is -3.59. The topological polar surface area (TPSA) is 93.7 Å². The molecule has 0 aromatic heterocycles. The van der Waals surface area contributed by atoms with Crippen LogP contribution in [0.4, 0.5) is 15.8 Å². The van der Waals surface area contributed by atoms with Crippen LogP contribution in [0.25, 0.3) is 0 Å². The van der Waals surface area contributed by atoms with Gasteiger partial charge in [-0.1, -0.05) is 12.1 Å². The Morgan fingerprint density at radius 2 is 1.62 bits per heavy atom. The fourth-order valence-electron chi connectivity index (χ4n) is 3.18. The van der Waals surface area contributed by atoms with E-state index in [9.17, 15) is 17.6 Å². The number of nitrogens with one attached hydrogen (secondary N) is 2. The van der Waals surface area contributed by atoms with Gasteiger partial charge in [-0.25, -0.2) is 12.8 Å². The first-order valence-electron chi connectivity index (χ1n) is 9.96. The third kappa shape index (κ3) is 5.36. The van der Waals surface area contributed by atoms with Crippen molar-refractivity contribution in [2.45, 2.75) is 17.7 Å². The summed E-state index contributed by atoms with van der Waals surface area (Å²) in [6.45, 7) is 0.971. The van der Waals surface area contributed by atoms with Gasteiger partial charge in [0, 0.05) is 23.9 Å². The van der Waals surface area contributed by atoms with Crippen LogP contribution >= 0.6 is 0 Å². The number of ether oxygens (including phenoxy) is 2. The molecule has 4 rings (SSSR count). The maximum Gasteiger partial charge on any atom is 0.262 e. The first kappa shape index (κ1) is 21.6. The van der Waals surface area contributed by atoms with Gasteiger partial charge in [-0.2, -0.15) is 0 Å². The lowest BCUT2D eigenvalue weighted by molar-refractivity contribution is -0.115. The van der Waals surface area contributed by atoms with Crippen LogP contribution in [-0.2, 0) is 21.2 Å². The van der Waals surface area contributed by atoms with Crippen molar-refractivity contribution in [2.75, 3.05) is 23.3 Å². The predicted molar refractivity (Wildman–Crippen MR) is 118 cm³/mol. The maximum atomic E-state index is 13.2. The number of carbonyl (C=O) groups is 1. The van der Waals surface area contributed by atoms with E-state index < -0.39 is 15.8 Å². The molecule has 0 bridgehead atoms. The van der Waals surface area contributed by atoms with Crippen molar-refractivity contribution in [1.82, 2.24) is 0 Å². The number of hydrogen-bond acceptors (Lipinski definition) is 5. The lowest BCUT2D eigenvalue weighted by atomic mass is 10.1. The standard InChI is InChI=1S/C23H21FN2O5S/c24-17-4-1-3-16(13-17)14-23(27)25-18-5-7-19(8-6-18)26-32(28,29)20-9-10-21-22(15-20)31-12-2-11-30-21/h1,3-10,13,15,26H,2,11-12,14H2,(H,25,27). The highest BCUT2D eigenvalue weighted by molar-refractivity contribution is 7.92. The highest BCUT2D eigenvalue weighted by Crippen LogP contribution is 2.32. The molecule has 0 saturated heterocycles. The van der Waals surface area contributed by atoms with Gasteiger partial charge in [0.1, 0.15) is 5.82 Å². The Kier molecular flexibility index (Phi) is 6.27. The Balaban J connectivity index is 1.40. The van der Waals surface area contributed by atoms with Gasteiger partial charge in [0.15, 0.2) is 11.5 Å². The lowest BCUT2D eigenvalue weighted by Gasteiger charge is -2.12. The maximum absolute atomic E-state index is 13.2. The van der Waals surface area contributed by atoms with Crippen molar-refractivity contribution < 1.29 is 27.1 Å². The van der Waals surface area contributed by atoms with E-state index in [0.717, 1.165) is 6.42 Å².